The summed E-state index contributed by atoms with van der Waals surface area (Å²) in [5, 5.41) is 6.72. The van der Waals surface area contributed by atoms with Crippen LogP contribution in [0.25, 0.3) is 11.3 Å². The minimum atomic E-state index is -3.78. The summed E-state index contributed by atoms with van der Waals surface area (Å²) in [7, 11) is -3.78. The molecule has 1 aromatic carbocycles. The molecule has 1 amide bonds. The zero-order valence-corrected chi connectivity index (χ0v) is 16.0. The minimum absolute atomic E-state index is 0.107. The molecule has 0 radical (unpaired) electrons. The summed E-state index contributed by atoms with van der Waals surface area (Å²) in [4.78, 5) is 12.4. The molecule has 0 aliphatic carbocycles. The Balaban J connectivity index is 1.72. The number of aryl methyl sites for hydroxylation is 2. The third-order valence-corrected chi connectivity index (χ3v) is 6.90. The maximum absolute atomic E-state index is 13.4. The van der Waals surface area contributed by atoms with Gasteiger partial charge in [0.05, 0.1) is 35.8 Å². The molecule has 2 saturated heterocycles. The third-order valence-electron chi connectivity index (χ3n) is 4.92. The second-order valence-electron chi connectivity index (χ2n) is 7.07. The Kier molecular flexibility index (Phi) is 4.53. The molecule has 4 rings (SSSR count). The van der Waals surface area contributed by atoms with Crippen molar-refractivity contribution in [2.24, 2.45) is 5.92 Å². The van der Waals surface area contributed by atoms with Crippen LogP contribution in [-0.4, -0.2) is 56.1 Å². The van der Waals surface area contributed by atoms with Gasteiger partial charge >= 0.3 is 0 Å². The number of nitrogens with one attached hydrogen (secondary N) is 1. The number of amides is 1. The SMILES string of the molecule is Cc1cc(-c2ccc(C)c(S(=O)(=O)N3C[C@H]4COC[C@@H](C3)C(=O)N4)c2)on1. The van der Waals surface area contributed by atoms with Gasteiger partial charge < -0.3 is 14.6 Å². The summed E-state index contributed by atoms with van der Waals surface area (Å²) in [6.45, 7) is 4.40. The molecule has 1 aromatic heterocycles. The van der Waals surface area contributed by atoms with Gasteiger partial charge in [-0.1, -0.05) is 17.3 Å². The number of hydrogen-bond acceptors (Lipinski definition) is 6. The molecule has 144 valence electrons. The molecule has 1 N–H and O–H groups in total. The van der Waals surface area contributed by atoms with E-state index in [-0.39, 0.29) is 36.5 Å². The first kappa shape index (κ1) is 18.1. The number of hydrogen-bond donors (Lipinski definition) is 1. The van der Waals surface area contributed by atoms with Gasteiger partial charge in [-0.2, -0.15) is 4.31 Å². The average molecular weight is 391 g/mol. The van der Waals surface area contributed by atoms with Crippen LogP contribution in [0.15, 0.2) is 33.7 Å². The molecular weight excluding hydrogens is 370 g/mol. The van der Waals surface area contributed by atoms with Gasteiger partial charge in [0.15, 0.2) is 5.76 Å². The van der Waals surface area contributed by atoms with Crippen molar-refractivity contribution in [1.82, 2.24) is 14.8 Å². The number of aromatic nitrogens is 1. The van der Waals surface area contributed by atoms with Gasteiger partial charge in [0.1, 0.15) is 0 Å². The van der Waals surface area contributed by atoms with Gasteiger partial charge in [-0.25, -0.2) is 8.42 Å². The molecule has 2 bridgehead atoms. The summed E-state index contributed by atoms with van der Waals surface area (Å²) in [5.41, 5.74) is 2.01. The molecule has 3 heterocycles. The number of carbonyl (C=O) groups excluding carboxylic acids is 1. The minimum Gasteiger partial charge on any atom is -0.378 e. The molecule has 2 fully saturated rings. The Morgan fingerprint density at radius 3 is 2.74 bits per heavy atom. The van der Waals surface area contributed by atoms with Crippen LogP contribution in [0, 0.1) is 19.8 Å². The van der Waals surface area contributed by atoms with Gasteiger partial charge in [0.25, 0.3) is 0 Å². The molecule has 27 heavy (non-hydrogen) atoms. The molecule has 0 spiro atoms. The number of benzene rings is 1. The van der Waals surface area contributed by atoms with E-state index in [1.165, 1.54) is 4.31 Å². The molecule has 2 aliphatic rings. The van der Waals surface area contributed by atoms with Crippen LogP contribution in [0.4, 0.5) is 0 Å². The van der Waals surface area contributed by atoms with E-state index >= 15 is 0 Å². The summed E-state index contributed by atoms with van der Waals surface area (Å²) in [6, 6.07) is 6.59. The van der Waals surface area contributed by atoms with E-state index in [4.69, 9.17) is 9.26 Å². The van der Waals surface area contributed by atoms with E-state index in [1.54, 1.807) is 32.0 Å². The van der Waals surface area contributed by atoms with E-state index in [0.717, 1.165) is 5.69 Å². The van der Waals surface area contributed by atoms with Crippen LogP contribution in [0.5, 0.6) is 0 Å². The zero-order chi connectivity index (χ0) is 19.2. The van der Waals surface area contributed by atoms with Crippen molar-refractivity contribution in [2.75, 3.05) is 26.3 Å². The first-order chi connectivity index (χ1) is 12.8. The second kappa shape index (κ2) is 6.74. The van der Waals surface area contributed by atoms with Crippen LogP contribution in [0.3, 0.4) is 0 Å². The van der Waals surface area contributed by atoms with Crippen LogP contribution in [-0.2, 0) is 19.6 Å². The monoisotopic (exact) mass is 391 g/mol. The van der Waals surface area contributed by atoms with Gasteiger partial charge in [-0.3, -0.25) is 4.79 Å². The lowest BCUT2D eigenvalue weighted by Gasteiger charge is -2.27. The van der Waals surface area contributed by atoms with Crippen molar-refractivity contribution in [2.45, 2.75) is 24.8 Å². The van der Waals surface area contributed by atoms with Crippen molar-refractivity contribution in [1.29, 1.82) is 0 Å². The van der Waals surface area contributed by atoms with Crippen molar-refractivity contribution in [3.05, 3.63) is 35.5 Å². The normalized spacial score (nSPS) is 23.7. The Morgan fingerprint density at radius 2 is 2.00 bits per heavy atom. The molecule has 9 heteroatoms. The predicted molar refractivity (Wildman–Crippen MR) is 96.4 cm³/mol. The highest BCUT2D eigenvalue weighted by atomic mass is 32.2. The fourth-order valence-corrected chi connectivity index (χ4v) is 5.24. The highest BCUT2D eigenvalue weighted by molar-refractivity contribution is 7.89. The average Bonchev–Trinajstić information content (AvgIpc) is 2.86. The number of sulfonamides is 1. The number of fused-ring (bicyclic) bond motifs is 3. The van der Waals surface area contributed by atoms with Gasteiger partial charge in [-0.05, 0) is 25.5 Å². The Morgan fingerprint density at radius 1 is 1.19 bits per heavy atom. The summed E-state index contributed by atoms with van der Waals surface area (Å²) in [5.74, 6) is -0.146. The van der Waals surface area contributed by atoms with E-state index in [9.17, 15) is 13.2 Å². The Bertz CT molecular complexity index is 985. The number of nitrogens with zero attached hydrogens (tertiary/aromatic N) is 2. The summed E-state index contributed by atoms with van der Waals surface area (Å²) >= 11 is 0. The smallest absolute Gasteiger partial charge is 0.243 e. The van der Waals surface area contributed by atoms with Crippen LogP contribution in [0.1, 0.15) is 11.3 Å². The standard InChI is InChI=1S/C18H21N3O5S/c1-11-3-4-13(16-5-12(2)20-26-16)6-17(11)27(23,24)21-7-14-9-25-10-15(8-21)19-18(14)22/h3-6,14-15H,7-10H2,1-2H3,(H,19,22)/t14-,15+/m1/s1. The lowest BCUT2D eigenvalue weighted by atomic mass is 10.1. The number of rotatable bonds is 3. The highest BCUT2D eigenvalue weighted by Gasteiger charge is 2.39. The molecule has 2 aliphatic heterocycles. The highest BCUT2D eigenvalue weighted by Crippen LogP contribution is 2.29. The molecule has 0 unspecified atom stereocenters. The van der Waals surface area contributed by atoms with Crippen molar-refractivity contribution in [3.63, 3.8) is 0 Å². The fraction of sp³-hybridized carbons (Fsp3) is 0.444. The van der Waals surface area contributed by atoms with Crippen molar-refractivity contribution in [3.8, 4) is 11.3 Å². The number of carbonyl (C=O) groups is 1. The molecule has 2 atom stereocenters. The molecular formula is C18H21N3O5S. The van der Waals surface area contributed by atoms with Crippen molar-refractivity contribution >= 4 is 15.9 Å². The fourth-order valence-electron chi connectivity index (χ4n) is 3.46. The molecule has 2 aromatic rings. The van der Waals surface area contributed by atoms with Gasteiger partial charge in [0.2, 0.25) is 15.9 Å². The third kappa shape index (κ3) is 3.38. The first-order valence-electron chi connectivity index (χ1n) is 8.77. The summed E-state index contributed by atoms with van der Waals surface area (Å²) < 4.78 is 38.9. The van der Waals surface area contributed by atoms with E-state index in [2.05, 4.69) is 10.5 Å². The number of ether oxygens (including phenoxy) is 1. The van der Waals surface area contributed by atoms with Crippen LogP contribution < -0.4 is 5.32 Å². The Hall–Kier alpha value is -2.23. The summed E-state index contributed by atoms with van der Waals surface area (Å²) in [6.07, 6.45) is 0. The van der Waals surface area contributed by atoms with Crippen molar-refractivity contribution < 1.29 is 22.5 Å². The second-order valence-corrected chi connectivity index (χ2v) is 8.98. The Labute approximate surface area is 157 Å². The quantitative estimate of drug-likeness (QED) is 0.841. The largest absolute Gasteiger partial charge is 0.378 e. The topological polar surface area (TPSA) is 102 Å². The lowest BCUT2D eigenvalue weighted by Crippen LogP contribution is -2.44. The first-order valence-corrected chi connectivity index (χ1v) is 10.2. The van der Waals surface area contributed by atoms with Gasteiger partial charge in [-0.15, -0.1) is 0 Å². The lowest BCUT2D eigenvalue weighted by molar-refractivity contribution is -0.125. The maximum Gasteiger partial charge on any atom is 0.243 e. The van der Waals surface area contributed by atoms with E-state index < -0.39 is 15.9 Å². The zero-order valence-electron chi connectivity index (χ0n) is 15.1. The maximum atomic E-state index is 13.4. The molecule has 0 saturated carbocycles. The van der Waals surface area contributed by atoms with E-state index in [0.29, 0.717) is 23.5 Å². The molecule has 8 nitrogen and oxygen atoms in total. The van der Waals surface area contributed by atoms with E-state index in [1.807, 2.05) is 6.07 Å². The predicted octanol–water partition coefficient (Wildman–Crippen LogP) is 1.09. The van der Waals surface area contributed by atoms with Gasteiger partial charge in [0, 0.05) is 24.7 Å². The van der Waals surface area contributed by atoms with Crippen LogP contribution >= 0.6 is 0 Å². The van der Waals surface area contributed by atoms with Crippen LogP contribution in [0.2, 0.25) is 0 Å².